The first-order valence-corrected chi connectivity index (χ1v) is 9.54. The molecule has 0 heterocycles. The van der Waals surface area contributed by atoms with Crippen molar-refractivity contribution in [3.05, 3.63) is 69.8 Å². The molecule has 0 spiro atoms. The minimum Gasteiger partial charge on any atom is -0.493 e. The van der Waals surface area contributed by atoms with Crippen LogP contribution >= 0.6 is 0 Å². The van der Waals surface area contributed by atoms with E-state index < -0.39 is 0 Å². The molecule has 2 nitrogen and oxygen atoms in total. The Hall–Kier alpha value is -2.66. The van der Waals surface area contributed by atoms with E-state index >= 15 is 0 Å². The zero-order valence-electron chi connectivity index (χ0n) is 16.7. The molecule has 27 heavy (non-hydrogen) atoms. The van der Waals surface area contributed by atoms with Gasteiger partial charge in [-0.15, -0.1) is 0 Å². The maximum Gasteiger partial charge on any atom is 0.161 e. The summed E-state index contributed by atoms with van der Waals surface area (Å²) in [7, 11) is 3.41. The summed E-state index contributed by atoms with van der Waals surface area (Å²) in [5.74, 6) is 9.80. The maximum absolute atomic E-state index is 5.56. The third-order valence-corrected chi connectivity index (χ3v) is 5.93. The summed E-state index contributed by atoms with van der Waals surface area (Å²) < 4.78 is 11.1. The van der Waals surface area contributed by atoms with Gasteiger partial charge in [-0.3, -0.25) is 0 Å². The Bertz CT molecular complexity index is 966. The summed E-state index contributed by atoms with van der Waals surface area (Å²) in [5.41, 5.74) is 8.07. The zero-order valence-corrected chi connectivity index (χ0v) is 16.7. The second-order valence-corrected chi connectivity index (χ2v) is 7.80. The number of benzene rings is 2. The van der Waals surface area contributed by atoms with E-state index in [2.05, 4.69) is 69.0 Å². The fraction of sp³-hybridized carbons (Fsp3) is 0.360. The van der Waals surface area contributed by atoms with Crippen molar-refractivity contribution in [1.82, 2.24) is 0 Å². The molecule has 2 heteroatoms. The van der Waals surface area contributed by atoms with Crippen molar-refractivity contribution in [1.29, 1.82) is 0 Å². The summed E-state index contributed by atoms with van der Waals surface area (Å²) in [6.07, 6.45) is 1.09. The van der Waals surface area contributed by atoms with Crippen LogP contribution in [0.4, 0.5) is 0 Å². The summed E-state index contributed by atoms with van der Waals surface area (Å²) >= 11 is 0. The molecule has 1 unspecified atom stereocenters. The fourth-order valence-electron chi connectivity index (χ4n) is 4.73. The number of allylic oxidation sites excluding steroid dienone is 2. The van der Waals surface area contributed by atoms with Crippen molar-refractivity contribution in [3.8, 4) is 23.3 Å². The number of rotatable bonds is 2. The van der Waals surface area contributed by atoms with E-state index in [4.69, 9.17) is 9.47 Å². The summed E-state index contributed by atoms with van der Waals surface area (Å²) in [5, 5.41) is 0. The molecule has 1 fully saturated rings. The van der Waals surface area contributed by atoms with Crippen LogP contribution in [0.15, 0.2) is 47.5 Å². The van der Waals surface area contributed by atoms with Gasteiger partial charge < -0.3 is 9.47 Å². The van der Waals surface area contributed by atoms with Gasteiger partial charge in [0.2, 0.25) is 0 Å². The van der Waals surface area contributed by atoms with Crippen LogP contribution in [0, 0.1) is 24.7 Å². The minimum absolute atomic E-state index is 0.354. The highest BCUT2D eigenvalue weighted by atomic mass is 16.5. The van der Waals surface area contributed by atoms with Gasteiger partial charge in [-0.2, -0.15) is 0 Å². The Labute approximate surface area is 162 Å². The van der Waals surface area contributed by atoms with E-state index in [-0.39, 0.29) is 0 Å². The van der Waals surface area contributed by atoms with Gasteiger partial charge >= 0.3 is 0 Å². The second kappa shape index (κ2) is 6.82. The summed E-state index contributed by atoms with van der Waals surface area (Å²) in [6.45, 7) is 6.56. The molecule has 2 aliphatic carbocycles. The van der Waals surface area contributed by atoms with E-state index in [1.54, 1.807) is 19.8 Å². The number of methoxy groups -OCH3 is 2. The molecule has 0 aromatic heterocycles. The SMILES string of the molecule is COc1cc2c(cc1OC)[C@H]1CC(C#Cc3ccc(C)cc3)[C@@H]2C1=C(C)C. The molecule has 0 N–H and O–H groups in total. The first-order chi connectivity index (χ1) is 13.0. The highest BCUT2D eigenvalue weighted by molar-refractivity contribution is 5.62. The fourth-order valence-corrected chi connectivity index (χ4v) is 4.73. The average Bonchev–Trinajstić information content (AvgIpc) is 3.20. The van der Waals surface area contributed by atoms with Gasteiger partial charge in [-0.05, 0) is 62.6 Å². The van der Waals surface area contributed by atoms with Crippen molar-refractivity contribution in [2.75, 3.05) is 14.2 Å². The first-order valence-electron chi connectivity index (χ1n) is 9.54. The molecule has 138 valence electrons. The van der Waals surface area contributed by atoms with Crippen molar-refractivity contribution < 1.29 is 9.47 Å². The van der Waals surface area contributed by atoms with Crippen LogP contribution in [0.2, 0.25) is 0 Å². The van der Waals surface area contributed by atoms with Gasteiger partial charge in [0.15, 0.2) is 11.5 Å². The molecule has 2 aromatic rings. The molecule has 0 radical (unpaired) electrons. The van der Waals surface area contributed by atoms with Crippen LogP contribution in [0.1, 0.15) is 54.4 Å². The lowest BCUT2D eigenvalue weighted by molar-refractivity contribution is 0.353. The van der Waals surface area contributed by atoms with Crippen LogP contribution < -0.4 is 9.47 Å². The minimum atomic E-state index is 0.354. The molecular weight excluding hydrogens is 332 g/mol. The molecule has 2 bridgehead atoms. The standard InChI is InChI=1S/C25H26O2/c1-15(2)24-20-12-18(11-10-17-8-6-16(3)7-9-17)25(24)21-14-23(27-5)22(26-4)13-19(20)21/h6-9,13-14,18,20,25H,12H2,1-5H3/t18?,20-,25+/m1/s1. The van der Waals surface area contributed by atoms with E-state index in [1.165, 1.54) is 22.3 Å². The molecule has 0 saturated heterocycles. The molecular formula is C25H26O2. The van der Waals surface area contributed by atoms with Crippen LogP contribution in [-0.4, -0.2) is 14.2 Å². The first kappa shape index (κ1) is 17.7. The number of hydrogen-bond acceptors (Lipinski definition) is 2. The van der Waals surface area contributed by atoms with Gasteiger partial charge in [0.1, 0.15) is 0 Å². The predicted molar refractivity (Wildman–Crippen MR) is 110 cm³/mol. The lowest BCUT2D eigenvalue weighted by Gasteiger charge is -2.21. The Balaban J connectivity index is 1.76. The monoisotopic (exact) mass is 358 g/mol. The van der Waals surface area contributed by atoms with E-state index in [1.807, 2.05) is 0 Å². The third-order valence-electron chi connectivity index (χ3n) is 5.93. The molecule has 3 atom stereocenters. The number of hydrogen-bond donors (Lipinski definition) is 0. The highest BCUT2D eigenvalue weighted by Gasteiger charge is 2.48. The average molecular weight is 358 g/mol. The van der Waals surface area contributed by atoms with Crippen LogP contribution in [0.3, 0.4) is 0 Å². The molecule has 0 amide bonds. The highest BCUT2D eigenvalue weighted by Crippen LogP contribution is 2.62. The van der Waals surface area contributed by atoms with Gasteiger partial charge in [0.05, 0.1) is 14.2 Å². The van der Waals surface area contributed by atoms with Crippen LogP contribution in [0.5, 0.6) is 11.5 Å². The third kappa shape index (κ3) is 2.92. The maximum atomic E-state index is 5.56. The van der Waals surface area contributed by atoms with Gasteiger partial charge in [-0.25, -0.2) is 0 Å². The van der Waals surface area contributed by atoms with Crippen molar-refractivity contribution >= 4 is 0 Å². The molecule has 1 saturated carbocycles. The lowest BCUT2D eigenvalue weighted by atomic mass is 9.83. The van der Waals surface area contributed by atoms with E-state index in [0.717, 1.165) is 23.5 Å². The lowest BCUT2D eigenvalue weighted by Crippen LogP contribution is -2.10. The van der Waals surface area contributed by atoms with Gasteiger partial charge in [-0.1, -0.05) is 40.7 Å². The number of ether oxygens (including phenoxy) is 2. The van der Waals surface area contributed by atoms with Crippen LogP contribution in [-0.2, 0) is 0 Å². The van der Waals surface area contributed by atoms with Gasteiger partial charge in [0.25, 0.3) is 0 Å². The Kier molecular flexibility index (Phi) is 4.48. The van der Waals surface area contributed by atoms with Gasteiger partial charge in [0, 0.05) is 23.3 Å². The summed E-state index contributed by atoms with van der Waals surface area (Å²) in [4.78, 5) is 0. The van der Waals surface area contributed by atoms with E-state index in [0.29, 0.717) is 17.8 Å². The topological polar surface area (TPSA) is 18.5 Å². The Morgan fingerprint density at radius 1 is 0.963 bits per heavy atom. The van der Waals surface area contributed by atoms with Crippen molar-refractivity contribution in [2.45, 2.75) is 39.0 Å². The Morgan fingerprint density at radius 3 is 2.19 bits per heavy atom. The smallest absolute Gasteiger partial charge is 0.161 e. The normalized spacial score (nSPS) is 22.1. The number of aryl methyl sites for hydroxylation is 1. The molecule has 2 aliphatic rings. The van der Waals surface area contributed by atoms with Crippen molar-refractivity contribution in [2.24, 2.45) is 5.92 Å². The largest absolute Gasteiger partial charge is 0.493 e. The van der Waals surface area contributed by atoms with Crippen molar-refractivity contribution in [3.63, 3.8) is 0 Å². The molecule has 0 aliphatic heterocycles. The zero-order chi connectivity index (χ0) is 19.1. The predicted octanol–water partition coefficient (Wildman–Crippen LogP) is 5.60. The summed E-state index contributed by atoms with van der Waals surface area (Å²) in [6, 6.07) is 12.8. The Morgan fingerprint density at radius 2 is 1.59 bits per heavy atom. The second-order valence-electron chi connectivity index (χ2n) is 7.80. The molecule has 2 aromatic carbocycles. The molecule has 4 rings (SSSR count). The number of fused-ring (bicyclic) bond motifs is 5. The van der Waals surface area contributed by atoms with E-state index in [9.17, 15) is 0 Å². The quantitative estimate of drug-likeness (QED) is 0.514. The van der Waals surface area contributed by atoms with Crippen LogP contribution in [0.25, 0.3) is 0 Å².